The van der Waals surface area contributed by atoms with Crippen LogP contribution < -0.4 is 11.1 Å². The minimum Gasteiger partial charge on any atom is -0.477 e. The maximum absolute atomic E-state index is 12.8. The van der Waals surface area contributed by atoms with Crippen LogP contribution in [0, 0.1) is 0 Å². The molecule has 1 aromatic rings. The summed E-state index contributed by atoms with van der Waals surface area (Å²) >= 11 is 2.60. The van der Waals surface area contributed by atoms with Crippen LogP contribution in [-0.4, -0.2) is 94.0 Å². The van der Waals surface area contributed by atoms with E-state index in [-0.39, 0.29) is 59.6 Å². The van der Waals surface area contributed by atoms with Gasteiger partial charge in [-0.25, -0.2) is 9.59 Å². The van der Waals surface area contributed by atoms with Crippen molar-refractivity contribution in [1.82, 2.24) is 10.2 Å². The number of fused-ring (bicyclic) bond motifs is 1. The monoisotopic (exact) mass is 450 g/mol. The van der Waals surface area contributed by atoms with Gasteiger partial charge in [0.25, 0.3) is 11.6 Å². The van der Waals surface area contributed by atoms with Gasteiger partial charge in [-0.15, -0.1) is 23.1 Å². The van der Waals surface area contributed by atoms with E-state index in [0.29, 0.717) is 0 Å². The molecular weight excluding hydrogens is 433 g/mol. The van der Waals surface area contributed by atoms with E-state index in [1.807, 2.05) is 11.4 Å². The van der Waals surface area contributed by atoms with Crippen molar-refractivity contribution < 1.29 is 33.8 Å². The summed E-state index contributed by atoms with van der Waals surface area (Å²) in [5, 5.41) is 13.2. The second-order valence-corrected chi connectivity index (χ2v) is 8.05. The number of primary amides is 1. The minimum atomic E-state index is -1.66. The third-order valence-electron chi connectivity index (χ3n) is 4.26. The number of carboxylic acids is 1. The second-order valence-electron chi connectivity index (χ2n) is 5.95. The number of aliphatic carboxylic acids is 1. The van der Waals surface area contributed by atoms with Gasteiger partial charge in [0, 0.05) is 52.9 Å². The number of carboxylic acid groups (broad SMARTS) is 1. The third kappa shape index (κ3) is 4.47. The van der Waals surface area contributed by atoms with Crippen LogP contribution in [-0.2, 0) is 30.3 Å². The van der Waals surface area contributed by atoms with Gasteiger partial charge in [0.2, 0.25) is 5.91 Å². The van der Waals surface area contributed by atoms with Gasteiger partial charge in [0.1, 0.15) is 17.7 Å². The average Bonchev–Trinajstić information content (AvgIpc) is 3.15. The van der Waals surface area contributed by atoms with E-state index in [0.717, 1.165) is 9.78 Å². The molecular formula is C16H17N3NaO7S2. The van der Waals surface area contributed by atoms with Gasteiger partial charge in [-0.3, -0.25) is 14.5 Å². The molecule has 0 aliphatic carbocycles. The summed E-state index contributed by atoms with van der Waals surface area (Å²) < 4.78 is 10.0. The zero-order chi connectivity index (χ0) is 20.5. The molecule has 1 radical (unpaired) electrons. The number of β-lactam (4-membered cyclic amide) rings is 1. The standard InChI is InChI=1S/C16H17N3O7S2.Na/c1-25-16(18-10(20)5-9-3-2-4-27-9)13(23)19-11(12(21)22)8(6-26-15(17)24)7-28-14(16)19;/h2-4,14H,5-7H2,1H3,(H2,17,24)(H,18,20)(H,21,22);. The number of nitrogens with one attached hydrogen (secondary N) is 1. The van der Waals surface area contributed by atoms with Gasteiger partial charge in [-0.2, -0.15) is 0 Å². The van der Waals surface area contributed by atoms with Crippen molar-refractivity contribution in [3.05, 3.63) is 33.7 Å². The largest absolute Gasteiger partial charge is 0.477 e. The molecule has 3 amide bonds. The van der Waals surface area contributed by atoms with E-state index in [2.05, 4.69) is 10.1 Å². The van der Waals surface area contributed by atoms with Gasteiger partial charge in [-0.1, -0.05) is 6.07 Å². The molecule has 3 rings (SSSR count). The minimum absolute atomic E-state index is 0. The topological polar surface area (TPSA) is 148 Å². The molecule has 1 saturated heterocycles. The molecule has 13 heteroatoms. The number of methoxy groups -OCH3 is 1. The first-order valence-corrected chi connectivity index (χ1v) is 9.94. The average molecular weight is 450 g/mol. The van der Waals surface area contributed by atoms with Crippen molar-refractivity contribution in [1.29, 1.82) is 0 Å². The zero-order valence-electron chi connectivity index (χ0n) is 15.7. The third-order valence-corrected chi connectivity index (χ3v) is 6.51. The van der Waals surface area contributed by atoms with Crippen molar-refractivity contribution >= 4 is 76.5 Å². The number of hydrogen-bond acceptors (Lipinski definition) is 8. The Labute approximate surface area is 196 Å². The fourth-order valence-corrected chi connectivity index (χ4v) is 5.16. The van der Waals surface area contributed by atoms with Crippen molar-refractivity contribution in [2.24, 2.45) is 5.73 Å². The first kappa shape index (κ1) is 23.7. The van der Waals surface area contributed by atoms with Crippen molar-refractivity contribution in [2.45, 2.75) is 17.5 Å². The first-order chi connectivity index (χ1) is 13.3. The summed E-state index contributed by atoms with van der Waals surface area (Å²) in [7, 11) is 1.27. The van der Waals surface area contributed by atoms with E-state index in [9.17, 15) is 24.3 Å². The maximum atomic E-state index is 12.8. The van der Waals surface area contributed by atoms with Crippen LogP contribution >= 0.6 is 23.1 Å². The molecule has 2 unspecified atom stereocenters. The van der Waals surface area contributed by atoms with Crippen LogP contribution in [0.5, 0.6) is 0 Å². The van der Waals surface area contributed by atoms with E-state index in [1.54, 1.807) is 6.07 Å². The van der Waals surface area contributed by atoms with Gasteiger partial charge >= 0.3 is 12.1 Å². The number of carbonyl (C=O) groups is 4. The number of ether oxygens (including phenoxy) is 2. The number of nitrogens with zero attached hydrogens (tertiary/aromatic N) is 1. The Balaban J connectivity index is 0.00000300. The van der Waals surface area contributed by atoms with Gasteiger partial charge in [-0.05, 0) is 11.4 Å². The summed E-state index contributed by atoms with van der Waals surface area (Å²) in [5.74, 6) is -2.31. The van der Waals surface area contributed by atoms with E-state index < -0.39 is 35.0 Å². The predicted molar refractivity (Wildman–Crippen MR) is 105 cm³/mol. The van der Waals surface area contributed by atoms with Crippen LogP contribution in [0.4, 0.5) is 4.79 Å². The van der Waals surface area contributed by atoms with E-state index in [4.69, 9.17) is 10.5 Å². The van der Waals surface area contributed by atoms with Gasteiger partial charge in [0.05, 0.1) is 6.42 Å². The molecule has 0 spiro atoms. The summed E-state index contributed by atoms with van der Waals surface area (Å²) in [6, 6.07) is 3.61. The smallest absolute Gasteiger partial charge is 0.404 e. The molecule has 0 saturated carbocycles. The summed E-state index contributed by atoms with van der Waals surface area (Å²) in [4.78, 5) is 49.6. The van der Waals surface area contributed by atoms with Crippen LogP contribution in [0.15, 0.2) is 28.8 Å². The molecule has 4 N–H and O–H groups in total. The fraction of sp³-hybridized carbons (Fsp3) is 0.375. The molecule has 29 heavy (non-hydrogen) atoms. The van der Waals surface area contributed by atoms with E-state index >= 15 is 0 Å². The molecule has 1 fully saturated rings. The molecule has 2 aliphatic rings. The Morgan fingerprint density at radius 1 is 1.45 bits per heavy atom. The normalized spacial score (nSPS) is 22.9. The second kappa shape index (κ2) is 9.49. The summed E-state index contributed by atoms with van der Waals surface area (Å²) in [6.45, 7) is -0.342. The summed E-state index contributed by atoms with van der Waals surface area (Å²) in [6.07, 6.45) is -0.973. The molecule has 2 atom stereocenters. The number of carbonyl (C=O) groups excluding carboxylic acids is 3. The molecule has 10 nitrogen and oxygen atoms in total. The van der Waals surface area contributed by atoms with Crippen LogP contribution in [0.25, 0.3) is 0 Å². The SMILES string of the molecule is COC1(NC(=O)Cc2cccs2)C(=O)N2C(C(=O)O)=C(COC(N)=O)CSC21.[Na]. The van der Waals surface area contributed by atoms with Crippen molar-refractivity contribution in [3.63, 3.8) is 0 Å². The Bertz CT molecular complexity index is 861. The van der Waals surface area contributed by atoms with Gasteiger partial charge < -0.3 is 25.6 Å². The quantitative estimate of drug-likeness (QED) is 0.292. The molecule has 1 aromatic heterocycles. The number of thioether (sulfide) groups is 1. The van der Waals surface area contributed by atoms with Crippen molar-refractivity contribution in [3.8, 4) is 0 Å². The van der Waals surface area contributed by atoms with E-state index in [1.165, 1.54) is 30.2 Å². The van der Waals surface area contributed by atoms with Crippen LogP contribution in [0.3, 0.4) is 0 Å². The van der Waals surface area contributed by atoms with Crippen LogP contribution in [0.1, 0.15) is 4.88 Å². The van der Waals surface area contributed by atoms with Crippen LogP contribution in [0.2, 0.25) is 0 Å². The van der Waals surface area contributed by atoms with Gasteiger partial charge in [0.15, 0.2) is 0 Å². The first-order valence-electron chi connectivity index (χ1n) is 8.01. The predicted octanol–water partition coefficient (Wildman–Crippen LogP) is -0.282. The number of hydrogen-bond donors (Lipinski definition) is 3. The zero-order valence-corrected chi connectivity index (χ0v) is 19.3. The Hall–Kier alpha value is -1.57. The Morgan fingerprint density at radius 3 is 2.72 bits per heavy atom. The molecule has 0 aromatic carbocycles. The molecule has 2 aliphatic heterocycles. The Morgan fingerprint density at radius 2 is 2.17 bits per heavy atom. The molecule has 151 valence electrons. The number of amides is 3. The molecule has 3 heterocycles. The Kier molecular flexibility index (Phi) is 7.76. The molecule has 0 bridgehead atoms. The number of nitrogens with two attached hydrogens (primary N) is 1. The summed E-state index contributed by atoms with van der Waals surface area (Å²) in [5.41, 5.74) is 3.20. The van der Waals surface area contributed by atoms with Crippen molar-refractivity contribution in [2.75, 3.05) is 19.5 Å². The fourth-order valence-electron chi connectivity index (χ4n) is 3.04. The maximum Gasteiger partial charge on any atom is 0.404 e. The number of rotatable bonds is 7. The number of thiophene rings is 1.